The maximum atomic E-state index is 12.2. The molecule has 0 aliphatic heterocycles. The van der Waals surface area contributed by atoms with E-state index in [2.05, 4.69) is 48.5 Å². The van der Waals surface area contributed by atoms with Gasteiger partial charge in [0.1, 0.15) is 0 Å². The summed E-state index contributed by atoms with van der Waals surface area (Å²) in [5.41, 5.74) is 0.227. The Kier molecular flexibility index (Phi) is 6.22. The Balaban J connectivity index is 4.50. The minimum atomic E-state index is -0.0594. The Labute approximate surface area is 108 Å². The molecule has 0 heterocycles. The third-order valence-corrected chi connectivity index (χ3v) is 2.94. The summed E-state index contributed by atoms with van der Waals surface area (Å²) in [6, 6.07) is 0. The summed E-state index contributed by atoms with van der Waals surface area (Å²) in [7, 11) is 0. The second kappa shape index (κ2) is 6.42. The topological polar surface area (TPSA) is 20.3 Å². The van der Waals surface area contributed by atoms with Crippen molar-refractivity contribution < 1.29 is 4.79 Å². The molecule has 0 unspecified atom stereocenters. The smallest absolute Gasteiger partial charge is 0.222 e. The largest absolute Gasteiger partial charge is 0.338 e. The summed E-state index contributed by atoms with van der Waals surface area (Å²) in [5, 5.41) is 0. The molecule has 0 saturated carbocycles. The first-order valence-electron chi connectivity index (χ1n) is 6.88. The molecule has 0 spiro atoms. The van der Waals surface area contributed by atoms with Crippen LogP contribution in [0.4, 0.5) is 0 Å². The average molecular weight is 241 g/mol. The maximum Gasteiger partial charge on any atom is 0.222 e. The summed E-state index contributed by atoms with van der Waals surface area (Å²) in [6.45, 7) is 16.1. The Morgan fingerprint density at radius 1 is 1.06 bits per heavy atom. The number of nitrogens with zero attached hydrogens (tertiary/aromatic N) is 1. The van der Waals surface area contributed by atoms with E-state index in [0.29, 0.717) is 12.3 Å². The van der Waals surface area contributed by atoms with Crippen molar-refractivity contribution in [1.82, 2.24) is 4.90 Å². The van der Waals surface area contributed by atoms with Gasteiger partial charge in [-0.05, 0) is 39.0 Å². The molecule has 0 bridgehead atoms. The first kappa shape index (κ1) is 16.5. The third kappa shape index (κ3) is 7.40. The second-order valence-corrected chi connectivity index (χ2v) is 7.13. The van der Waals surface area contributed by atoms with Crippen LogP contribution in [0.2, 0.25) is 0 Å². The highest BCUT2D eigenvalue weighted by Gasteiger charge is 2.26. The molecule has 0 aliphatic rings. The lowest BCUT2D eigenvalue weighted by Gasteiger charge is -2.37. The molecule has 2 nitrogen and oxygen atoms in total. The van der Waals surface area contributed by atoms with Crippen molar-refractivity contribution >= 4 is 5.91 Å². The van der Waals surface area contributed by atoms with Crippen LogP contribution < -0.4 is 0 Å². The molecule has 1 amide bonds. The van der Waals surface area contributed by atoms with Gasteiger partial charge in [-0.1, -0.05) is 34.1 Å². The van der Waals surface area contributed by atoms with E-state index in [4.69, 9.17) is 0 Å². The minimum Gasteiger partial charge on any atom is -0.338 e. The molecule has 0 aromatic carbocycles. The quantitative estimate of drug-likeness (QED) is 0.705. The van der Waals surface area contributed by atoms with Crippen LogP contribution in [-0.4, -0.2) is 22.9 Å². The first-order chi connectivity index (χ1) is 7.58. The van der Waals surface area contributed by atoms with Crippen LogP contribution in [0.25, 0.3) is 0 Å². The molecular weight excluding hydrogens is 210 g/mol. The predicted octanol–water partition coefficient (Wildman–Crippen LogP) is 4.24. The number of carbonyl (C=O) groups excluding carboxylic acids is 1. The molecule has 17 heavy (non-hydrogen) atoms. The van der Waals surface area contributed by atoms with Crippen LogP contribution in [0, 0.1) is 5.41 Å². The fourth-order valence-electron chi connectivity index (χ4n) is 1.74. The van der Waals surface area contributed by atoms with Gasteiger partial charge in [0.05, 0.1) is 0 Å². The number of carbonyl (C=O) groups is 1. The van der Waals surface area contributed by atoms with Gasteiger partial charge in [0.25, 0.3) is 0 Å². The van der Waals surface area contributed by atoms with E-state index < -0.39 is 0 Å². The molecule has 0 aliphatic carbocycles. The zero-order valence-electron chi connectivity index (χ0n) is 12.9. The Morgan fingerprint density at radius 2 is 1.59 bits per heavy atom. The third-order valence-electron chi connectivity index (χ3n) is 2.94. The van der Waals surface area contributed by atoms with E-state index in [1.807, 2.05) is 4.90 Å². The van der Waals surface area contributed by atoms with Gasteiger partial charge in [-0.2, -0.15) is 0 Å². The monoisotopic (exact) mass is 241 g/mol. The molecule has 0 atom stereocenters. The average Bonchev–Trinajstić information content (AvgIpc) is 2.10. The SMILES string of the molecule is CCCCC(=O)N(CCC(C)(C)C)C(C)(C)C. The minimum absolute atomic E-state index is 0.0594. The zero-order chi connectivity index (χ0) is 13.7. The fourth-order valence-corrected chi connectivity index (χ4v) is 1.74. The van der Waals surface area contributed by atoms with Crippen molar-refractivity contribution in [2.75, 3.05) is 6.54 Å². The zero-order valence-corrected chi connectivity index (χ0v) is 12.9. The van der Waals surface area contributed by atoms with Crippen molar-refractivity contribution in [3.63, 3.8) is 0 Å². The van der Waals surface area contributed by atoms with E-state index in [9.17, 15) is 4.79 Å². The van der Waals surface area contributed by atoms with Gasteiger partial charge in [0.2, 0.25) is 5.91 Å². The summed E-state index contributed by atoms with van der Waals surface area (Å²) >= 11 is 0. The standard InChI is InChI=1S/C15H31NO/c1-8-9-10-13(17)16(15(5,6)7)12-11-14(2,3)4/h8-12H2,1-7H3. The van der Waals surface area contributed by atoms with Gasteiger partial charge < -0.3 is 4.90 Å². The number of amides is 1. The highest BCUT2D eigenvalue weighted by Crippen LogP contribution is 2.23. The maximum absolute atomic E-state index is 12.2. The summed E-state index contributed by atoms with van der Waals surface area (Å²) in [4.78, 5) is 14.2. The molecule has 0 fully saturated rings. The van der Waals surface area contributed by atoms with Gasteiger partial charge in [0, 0.05) is 18.5 Å². The molecule has 0 rings (SSSR count). The van der Waals surface area contributed by atoms with Crippen molar-refractivity contribution in [3.05, 3.63) is 0 Å². The lowest BCUT2D eigenvalue weighted by Crippen LogP contribution is -2.46. The molecule has 0 N–H and O–H groups in total. The number of hydrogen-bond acceptors (Lipinski definition) is 1. The van der Waals surface area contributed by atoms with Crippen LogP contribution in [0.3, 0.4) is 0 Å². The molecule has 0 saturated heterocycles. The lowest BCUT2D eigenvalue weighted by molar-refractivity contribution is -0.136. The Bertz CT molecular complexity index is 232. The highest BCUT2D eigenvalue weighted by molar-refractivity contribution is 5.76. The normalized spacial score (nSPS) is 12.6. The summed E-state index contributed by atoms with van der Waals surface area (Å²) in [5.74, 6) is 0.309. The van der Waals surface area contributed by atoms with Crippen LogP contribution in [0.1, 0.15) is 74.1 Å². The van der Waals surface area contributed by atoms with Crippen molar-refractivity contribution in [2.24, 2.45) is 5.41 Å². The van der Waals surface area contributed by atoms with E-state index in [1.165, 1.54) is 0 Å². The molecular formula is C15H31NO. The molecule has 0 radical (unpaired) electrons. The summed E-state index contributed by atoms with van der Waals surface area (Å²) in [6.07, 6.45) is 3.84. The molecule has 2 heteroatoms. The second-order valence-electron chi connectivity index (χ2n) is 7.13. The fraction of sp³-hybridized carbons (Fsp3) is 0.933. The van der Waals surface area contributed by atoms with E-state index in [-0.39, 0.29) is 11.0 Å². The van der Waals surface area contributed by atoms with Crippen molar-refractivity contribution in [2.45, 2.75) is 79.7 Å². The van der Waals surface area contributed by atoms with Crippen LogP contribution >= 0.6 is 0 Å². The van der Waals surface area contributed by atoms with Crippen LogP contribution in [0.5, 0.6) is 0 Å². The number of rotatable bonds is 5. The molecule has 0 aromatic heterocycles. The molecule has 0 aromatic rings. The van der Waals surface area contributed by atoms with Gasteiger partial charge in [0.15, 0.2) is 0 Å². The van der Waals surface area contributed by atoms with Crippen LogP contribution in [0.15, 0.2) is 0 Å². The first-order valence-corrected chi connectivity index (χ1v) is 6.88. The van der Waals surface area contributed by atoms with E-state index >= 15 is 0 Å². The lowest BCUT2D eigenvalue weighted by atomic mass is 9.91. The highest BCUT2D eigenvalue weighted by atomic mass is 16.2. The van der Waals surface area contributed by atoms with Gasteiger partial charge in [-0.15, -0.1) is 0 Å². The summed E-state index contributed by atoms with van der Waals surface area (Å²) < 4.78 is 0. The van der Waals surface area contributed by atoms with Gasteiger partial charge in [-0.3, -0.25) is 4.79 Å². The Morgan fingerprint density at radius 3 is 1.94 bits per heavy atom. The van der Waals surface area contributed by atoms with Crippen LogP contribution in [-0.2, 0) is 4.79 Å². The van der Waals surface area contributed by atoms with Gasteiger partial charge >= 0.3 is 0 Å². The Hall–Kier alpha value is -0.530. The van der Waals surface area contributed by atoms with E-state index in [0.717, 1.165) is 25.8 Å². The predicted molar refractivity (Wildman–Crippen MR) is 75.1 cm³/mol. The van der Waals surface area contributed by atoms with Crippen molar-refractivity contribution in [3.8, 4) is 0 Å². The van der Waals surface area contributed by atoms with E-state index in [1.54, 1.807) is 0 Å². The van der Waals surface area contributed by atoms with Gasteiger partial charge in [-0.25, -0.2) is 0 Å². The van der Waals surface area contributed by atoms with Crippen molar-refractivity contribution in [1.29, 1.82) is 0 Å². The number of hydrogen-bond donors (Lipinski definition) is 0. The molecule has 102 valence electrons. The number of unbranched alkanes of at least 4 members (excludes halogenated alkanes) is 1.